The van der Waals surface area contributed by atoms with E-state index in [2.05, 4.69) is 10.3 Å². The van der Waals surface area contributed by atoms with E-state index in [9.17, 15) is 4.39 Å². The molecule has 0 unspecified atom stereocenters. The number of anilines is 3. The number of nitrogen functional groups attached to an aromatic ring is 1. The number of halogens is 2. The van der Waals surface area contributed by atoms with Gasteiger partial charge in [-0.05, 0) is 18.2 Å². The molecule has 1 aromatic heterocycles. The first-order chi connectivity index (χ1) is 7.15. The minimum Gasteiger partial charge on any atom is -0.389 e. The van der Waals surface area contributed by atoms with Crippen molar-refractivity contribution in [2.24, 2.45) is 0 Å². The number of benzene rings is 1. The molecule has 0 aliphatic carbocycles. The Balaban J connectivity index is 2.27. The van der Waals surface area contributed by atoms with Crippen LogP contribution in [-0.4, -0.2) is 4.98 Å². The highest BCUT2D eigenvalue weighted by Gasteiger charge is 2.05. The summed E-state index contributed by atoms with van der Waals surface area (Å²) in [5.41, 5.74) is 5.79. The van der Waals surface area contributed by atoms with Gasteiger partial charge >= 0.3 is 0 Å². The molecule has 3 N–H and O–H groups in total. The Bertz CT molecular complexity index is 486. The lowest BCUT2D eigenvalue weighted by Crippen LogP contribution is -1.92. The molecular formula is C9H7ClFN3S. The summed E-state index contributed by atoms with van der Waals surface area (Å²) < 4.78 is 13.3. The van der Waals surface area contributed by atoms with Gasteiger partial charge in [-0.25, -0.2) is 9.37 Å². The smallest absolute Gasteiger partial charge is 0.189 e. The maximum absolute atomic E-state index is 13.3. The number of hydrogen-bond acceptors (Lipinski definition) is 4. The third-order valence-corrected chi connectivity index (χ3v) is 2.67. The van der Waals surface area contributed by atoms with E-state index >= 15 is 0 Å². The lowest BCUT2D eigenvalue weighted by molar-refractivity contribution is 0.632. The average Bonchev–Trinajstić information content (AvgIpc) is 2.58. The van der Waals surface area contributed by atoms with Gasteiger partial charge in [0.15, 0.2) is 5.13 Å². The second-order valence-corrected chi connectivity index (χ2v) is 4.32. The van der Waals surface area contributed by atoms with Crippen LogP contribution in [0.15, 0.2) is 24.4 Å². The largest absolute Gasteiger partial charge is 0.389 e. The molecule has 15 heavy (non-hydrogen) atoms. The maximum atomic E-state index is 13.3. The molecule has 2 aromatic rings. The first-order valence-electron chi connectivity index (χ1n) is 4.08. The second-order valence-electron chi connectivity index (χ2n) is 2.82. The number of rotatable bonds is 2. The second kappa shape index (κ2) is 4.04. The van der Waals surface area contributed by atoms with Gasteiger partial charge in [0.25, 0.3) is 0 Å². The summed E-state index contributed by atoms with van der Waals surface area (Å²) >= 11 is 6.98. The van der Waals surface area contributed by atoms with Crippen LogP contribution in [0.1, 0.15) is 0 Å². The van der Waals surface area contributed by atoms with Gasteiger partial charge in [-0.15, -0.1) is 0 Å². The van der Waals surface area contributed by atoms with E-state index in [0.29, 0.717) is 15.2 Å². The van der Waals surface area contributed by atoms with Gasteiger partial charge in [0.1, 0.15) is 10.8 Å². The summed E-state index contributed by atoms with van der Waals surface area (Å²) in [4.78, 5) is 3.95. The van der Waals surface area contributed by atoms with Gasteiger partial charge in [0.2, 0.25) is 0 Å². The summed E-state index contributed by atoms with van der Waals surface area (Å²) in [7, 11) is 0. The first kappa shape index (κ1) is 10.2. The van der Waals surface area contributed by atoms with E-state index < -0.39 is 0 Å². The van der Waals surface area contributed by atoms with Crippen molar-refractivity contribution in [3.8, 4) is 0 Å². The van der Waals surface area contributed by atoms with Crippen molar-refractivity contribution >= 4 is 38.8 Å². The number of thiazole rings is 1. The Labute approximate surface area is 94.7 Å². The minimum absolute atomic E-state index is 0.289. The van der Waals surface area contributed by atoms with Crippen LogP contribution in [0.2, 0.25) is 5.02 Å². The number of nitrogens with one attached hydrogen (secondary N) is 1. The topological polar surface area (TPSA) is 50.9 Å². The number of aromatic nitrogens is 1. The van der Waals surface area contributed by atoms with Gasteiger partial charge < -0.3 is 11.1 Å². The Hall–Kier alpha value is -1.33. The van der Waals surface area contributed by atoms with E-state index in [1.807, 2.05) is 0 Å². The molecule has 0 saturated carbocycles. The molecule has 6 heteroatoms. The molecule has 0 amide bonds. The van der Waals surface area contributed by atoms with Gasteiger partial charge in [0, 0.05) is 5.02 Å². The lowest BCUT2D eigenvalue weighted by Gasteiger charge is -2.03. The Morgan fingerprint density at radius 2 is 2.27 bits per heavy atom. The van der Waals surface area contributed by atoms with E-state index in [1.165, 1.54) is 35.7 Å². The van der Waals surface area contributed by atoms with Crippen LogP contribution >= 0.6 is 22.9 Å². The summed E-state index contributed by atoms with van der Waals surface area (Å²) in [6.45, 7) is 0. The minimum atomic E-state index is -0.381. The Morgan fingerprint density at radius 1 is 1.47 bits per heavy atom. The molecular weight excluding hydrogens is 237 g/mol. The Morgan fingerprint density at radius 3 is 2.93 bits per heavy atom. The zero-order chi connectivity index (χ0) is 10.8. The highest BCUT2D eigenvalue weighted by Crippen LogP contribution is 2.27. The lowest BCUT2D eigenvalue weighted by atomic mass is 10.3. The van der Waals surface area contributed by atoms with Gasteiger partial charge in [-0.2, -0.15) is 0 Å². The van der Waals surface area contributed by atoms with Crippen molar-refractivity contribution in [3.05, 3.63) is 35.2 Å². The van der Waals surface area contributed by atoms with Gasteiger partial charge in [0.05, 0.1) is 11.9 Å². The molecule has 1 aromatic carbocycles. The summed E-state index contributed by atoms with van der Waals surface area (Å²) in [6.07, 6.45) is 1.51. The fourth-order valence-electron chi connectivity index (χ4n) is 1.05. The van der Waals surface area contributed by atoms with E-state index in [0.717, 1.165) is 0 Å². The quantitative estimate of drug-likeness (QED) is 0.851. The van der Waals surface area contributed by atoms with Crippen molar-refractivity contribution < 1.29 is 4.39 Å². The molecule has 1 heterocycles. The first-order valence-corrected chi connectivity index (χ1v) is 5.28. The van der Waals surface area contributed by atoms with Crippen LogP contribution in [-0.2, 0) is 0 Å². The SMILES string of the molecule is Nc1cnc(Nc2cc(Cl)ccc2F)s1. The van der Waals surface area contributed by atoms with E-state index in [-0.39, 0.29) is 11.5 Å². The molecule has 0 saturated heterocycles. The highest BCUT2D eigenvalue weighted by atomic mass is 35.5. The molecule has 78 valence electrons. The molecule has 0 fully saturated rings. The van der Waals surface area contributed by atoms with E-state index in [1.54, 1.807) is 0 Å². The zero-order valence-electron chi connectivity index (χ0n) is 7.50. The standard InChI is InChI=1S/C9H7ClFN3S/c10-5-1-2-6(11)7(3-5)14-9-13-4-8(12)15-9/h1-4H,12H2,(H,13,14). The van der Waals surface area contributed by atoms with Crippen LogP contribution in [0.4, 0.5) is 20.2 Å². The van der Waals surface area contributed by atoms with Crippen molar-refractivity contribution in [3.63, 3.8) is 0 Å². The molecule has 2 rings (SSSR count). The van der Waals surface area contributed by atoms with Crippen molar-refractivity contribution in [2.45, 2.75) is 0 Å². The summed E-state index contributed by atoms with van der Waals surface area (Å²) in [6, 6.07) is 4.27. The van der Waals surface area contributed by atoms with Gasteiger partial charge in [-0.3, -0.25) is 0 Å². The number of nitrogens with two attached hydrogens (primary N) is 1. The van der Waals surface area contributed by atoms with Crippen molar-refractivity contribution in [1.29, 1.82) is 0 Å². The van der Waals surface area contributed by atoms with Crippen LogP contribution in [0.3, 0.4) is 0 Å². The van der Waals surface area contributed by atoms with Crippen LogP contribution in [0.25, 0.3) is 0 Å². The maximum Gasteiger partial charge on any atom is 0.189 e. The van der Waals surface area contributed by atoms with Gasteiger partial charge in [-0.1, -0.05) is 22.9 Å². The fraction of sp³-hybridized carbons (Fsp3) is 0. The molecule has 0 spiro atoms. The summed E-state index contributed by atoms with van der Waals surface area (Å²) in [5.74, 6) is -0.381. The predicted octanol–water partition coefficient (Wildman–Crippen LogP) is 3.26. The van der Waals surface area contributed by atoms with Crippen LogP contribution < -0.4 is 11.1 Å². The Kier molecular flexibility index (Phi) is 2.75. The van der Waals surface area contributed by atoms with E-state index in [4.69, 9.17) is 17.3 Å². The molecule has 0 atom stereocenters. The van der Waals surface area contributed by atoms with Crippen LogP contribution in [0.5, 0.6) is 0 Å². The fourth-order valence-corrected chi connectivity index (χ4v) is 1.82. The average molecular weight is 244 g/mol. The van der Waals surface area contributed by atoms with Crippen molar-refractivity contribution in [2.75, 3.05) is 11.1 Å². The molecule has 0 radical (unpaired) electrons. The normalized spacial score (nSPS) is 10.3. The third-order valence-electron chi connectivity index (χ3n) is 1.69. The zero-order valence-corrected chi connectivity index (χ0v) is 9.07. The third kappa shape index (κ3) is 2.37. The van der Waals surface area contributed by atoms with Crippen LogP contribution in [0, 0.1) is 5.82 Å². The molecule has 3 nitrogen and oxygen atoms in total. The number of hydrogen-bond donors (Lipinski definition) is 2. The van der Waals surface area contributed by atoms with Crippen molar-refractivity contribution in [1.82, 2.24) is 4.98 Å². The molecule has 0 bridgehead atoms. The molecule has 0 aliphatic rings. The number of nitrogens with zero attached hydrogens (tertiary/aromatic N) is 1. The summed E-state index contributed by atoms with van der Waals surface area (Å²) in [5, 5.41) is 4.37. The monoisotopic (exact) mass is 243 g/mol. The highest BCUT2D eigenvalue weighted by molar-refractivity contribution is 7.19. The predicted molar refractivity (Wildman–Crippen MR) is 61.2 cm³/mol. The molecule has 0 aliphatic heterocycles.